The van der Waals surface area contributed by atoms with E-state index in [1.165, 1.54) is 36.9 Å². The van der Waals surface area contributed by atoms with E-state index in [0.29, 0.717) is 24.0 Å². The lowest BCUT2D eigenvalue weighted by Crippen LogP contribution is -2.41. The molecule has 1 atom stereocenters. The van der Waals surface area contributed by atoms with Crippen molar-refractivity contribution in [1.82, 2.24) is 19.2 Å². The van der Waals surface area contributed by atoms with E-state index in [4.69, 9.17) is 0 Å². The summed E-state index contributed by atoms with van der Waals surface area (Å²) in [4.78, 5) is 37.7. The second kappa shape index (κ2) is 10.3. The van der Waals surface area contributed by atoms with Gasteiger partial charge >= 0.3 is 5.69 Å². The number of amides is 1. The lowest BCUT2D eigenvalue weighted by atomic mass is 10.1. The summed E-state index contributed by atoms with van der Waals surface area (Å²) in [6.45, 7) is 0.327. The summed E-state index contributed by atoms with van der Waals surface area (Å²) in [5, 5.41) is 2.88. The normalized spacial score (nSPS) is 12.4. The van der Waals surface area contributed by atoms with Gasteiger partial charge in [0.1, 0.15) is 6.04 Å². The maximum Gasteiger partial charge on any atom is 0.330 e. The van der Waals surface area contributed by atoms with Gasteiger partial charge in [-0.15, -0.1) is 0 Å². The maximum absolute atomic E-state index is 13.3. The topological polar surface area (TPSA) is 119 Å². The number of sulfonamides is 1. The molecule has 4 rings (SSSR count). The zero-order chi connectivity index (χ0) is 25.9. The van der Waals surface area contributed by atoms with E-state index in [0.717, 1.165) is 10.1 Å². The number of carbonyl (C=O) groups excluding carboxylic acids is 1. The first kappa shape index (κ1) is 25.1. The molecule has 0 aliphatic heterocycles. The van der Waals surface area contributed by atoms with Crippen molar-refractivity contribution in [1.29, 1.82) is 0 Å². The van der Waals surface area contributed by atoms with Gasteiger partial charge in [0.25, 0.3) is 5.56 Å². The van der Waals surface area contributed by atoms with Gasteiger partial charge in [0.15, 0.2) is 0 Å². The molecular formula is C26H26N4O5S. The molecule has 0 radical (unpaired) electrons. The first-order valence-corrected chi connectivity index (χ1v) is 12.8. The molecular weight excluding hydrogens is 480 g/mol. The Morgan fingerprint density at radius 3 is 2.19 bits per heavy atom. The highest BCUT2D eigenvalue weighted by Gasteiger charge is 2.27. The van der Waals surface area contributed by atoms with Crippen LogP contribution in [0.2, 0.25) is 0 Å². The summed E-state index contributed by atoms with van der Waals surface area (Å²) in [6, 6.07) is 20.9. The highest BCUT2D eigenvalue weighted by molar-refractivity contribution is 7.89. The number of hydrogen-bond donors (Lipinski definition) is 2. The zero-order valence-electron chi connectivity index (χ0n) is 19.8. The first-order valence-electron chi connectivity index (χ1n) is 11.3. The van der Waals surface area contributed by atoms with Crippen LogP contribution < -0.4 is 21.3 Å². The van der Waals surface area contributed by atoms with Crippen molar-refractivity contribution in [2.45, 2.75) is 17.4 Å². The lowest BCUT2D eigenvalue weighted by Gasteiger charge is -2.19. The van der Waals surface area contributed by atoms with Crippen molar-refractivity contribution >= 4 is 26.8 Å². The summed E-state index contributed by atoms with van der Waals surface area (Å²) in [7, 11) is -1.39. The van der Waals surface area contributed by atoms with Crippen molar-refractivity contribution in [2.75, 3.05) is 6.54 Å². The Morgan fingerprint density at radius 2 is 1.53 bits per heavy atom. The predicted molar refractivity (Wildman–Crippen MR) is 137 cm³/mol. The number of hydrogen-bond acceptors (Lipinski definition) is 5. The van der Waals surface area contributed by atoms with Crippen molar-refractivity contribution < 1.29 is 13.2 Å². The van der Waals surface area contributed by atoms with E-state index in [1.807, 2.05) is 30.3 Å². The van der Waals surface area contributed by atoms with Crippen LogP contribution in [-0.2, 0) is 35.3 Å². The molecule has 186 valence electrons. The first-order chi connectivity index (χ1) is 17.2. The molecule has 0 fully saturated rings. The zero-order valence-corrected chi connectivity index (χ0v) is 20.7. The number of carbonyl (C=O) groups is 1. The Labute approximate surface area is 208 Å². The third-order valence-corrected chi connectivity index (χ3v) is 7.39. The van der Waals surface area contributed by atoms with E-state index >= 15 is 0 Å². The molecule has 0 unspecified atom stereocenters. The quantitative estimate of drug-likeness (QED) is 0.376. The van der Waals surface area contributed by atoms with E-state index in [9.17, 15) is 22.8 Å². The molecule has 1 aromatic heterocycles. The lowest BCUT2D eigenvalue weighted by molar-refractivity contribution is -0.122. The smallest absolute Gasteiger partial charge is 0.330 e. The maximum atomic E-state index is 13.3. The Kier molecular flexibility index (Phi) is 7.18. The fraction of sp³-hybridized carbons (Fsp3) is 0.192. The van der Waals surface area contributed by atoms with Crippen LogP contribution in [-0.4, -0.2) is 30.0 Å². The largest absolute Gasteiger partial charge is 0.354 e. The minimum Gasteiger partial charge on any atom is -0.354 e. The minimum atomic E-state index is -4.22. The molecule has 1 amide bonds. The molecule has 10 heteroatoms. The molecule has 0 saturated heterocycles. The molecule has 0 aliphatic rings. The Morgan fingerprint density at radius 1 is 0.889 bits per heavy atom. The Balaban J connectivity index is 1.63. The van der Waals surface area contributed by atoms with Crippen LogP contribution in [0.4, 0.5) is 0 Å². The van der Waals surface area contributed by atoms with Crippen LogP contribution in [0.15, 0.2) is 93.3 Å². The highest BCUT2D eigenvalue weighted by Crippen LogP contribution is 2.20. The van der Waals surface area contributed by atoms with Crippen LogP contribution in [0, 0.1) is 0 Å². The number of rotatable bonds is 8. The van der Waals surface area contributed by atoms with Crippen molar-refractivity contribution in [2.24, 2.45) is 14.1 Å². The molecule has 0 bridgehead atoms. The van der Waals surface area contributed by atoms with Gasteiger partial charge in [-0.1, -0.05) is 60.7 Å². The molecule has 2 N–H and O–H groups in total. The molecule has 3 aromatic carbocycles. The van der Waals surface area contributed by atoms with E-state index in [-0.39, 0.29) is 10.3 Å². The summed E-state index contributed by atoms with van der Waals surface area (Å²) in [6.07, 6.45) is 0.591. The molecule has 1 heterocycles. The van der Waals surface area contributed by atoms with Gasteiger partial charge in [0.05, 0.1) is 15.8 Å². The SMILES string of the molecule is Cn1c(=O)c2cc(S(=O)(=O)N[C@@H](C(=O)NCCc3ccccc3)c3ccccc3)ccc2n(C)c1=O. The average molecular weight is 507 g/mol. The van der Waals surface area contributed by atoms with Crippen LogP contribution in [0.5, 0.6) is 0 Å². The second-order valence-electron chi connectivity index (χ2n) is 8.38. The molecule has 0 aliphatic carbocycles. The summed E-state index contributed by atoms with van der Waals surface area (Å²) in [5.74, 6) is -0.500. The van der Waals surface area contributed by atoms with Gasteiger partial charge in [-0.25, -0.2) is 13.2 Å². The van der Waals surface area contributed by atoms with Gasteiger partial charge in [-0.2, -0.15) is 4.72 Å². The van der Waals surface area contributed by atoms with Crippen LogP contribution in [0.25, 0.3) is 10.9 Å². The van der Waals surface area contributed by atoms with Crippen molar-refractivity contribution in [3.63, 3.8) is 0 Å². The number of nitrogens with one attached hydrogen (secondary N) is 2. The highest BCUT2D eigenvalue weighted by atomic mass is 32.2. The van der Waals surface area contributed by atoms with Gasteiger partial charge in [0, 0.05) is 20.6 Å². The number of nitrogens with zero attached hydrogens (tertiary/aromatic N) is 2. The van der Waals surface area contributed by atoms with Crippen LogP contribution in [0.1, 0.15) is 17.2 Å². The number of aromatic nitrogens is 2. The van der Waals surface area contributed by atoms with Gasteiger partial charge in [-0.3, -0.25) is 18.7 Å². The van der Waals surface area contributed by atoms with Crippen molar-refractivity contribution in [3.8, 4) is 0 Å². The van der Waals surface area contributed by atoms with Crippen LogP contribution in [0.3, 0.4) is 0 Å². The number of benzene rings is 3. The fourth-order valence-electron chi connectivity index (χ4n) is 3.96. The molecule has 0 spiro atoms. The third-order valence-electron chi connectivity index (χ3n) is 5.97. The predicted octanol–water partition coefficient (Wildman–Crippen LogP) is 1.62. The Hall–Kier alpha value is -4.02. The van der Waals surface area contributed by atoms with Crippen LogP contribution >= 0.6 is 0 Å². The summed E-state index contributed by atoms with van der Waals surface area (Å²) >= 11 is 0. The fourth-order valence-corrected chi connectivity index (χ4v) is 5.17. The number of fused-ring (bicyclic) bond motifs is 1. The minimum absolute atomic E-state index is 0.0750. The molecule has 4 aromatic rings. The van der Waals surface area contributed by atoms with Gasteiger partial charge < -0.3 is 5.32 Å². The van der Waals surface area contributed by atoms with E-state index in [2.05, 4.69) is 10.0 Å². The van der Waals surface area contributed by atoms with E-state index in [1.54, 1.807) is 30.3 Å². The molecule has 0 saturated carbocycles. The Bertz CT molecular complexity index is 1630. The standard InChI is InChI=1S/C26H26N4O5S/c1-29-22-14-13-20(17-21(22)25(32)30(2)26(29)33)36(34,35)28-23(19-11-7-4-8-12-19)24(31)27-16-15-18-9-5-3-6-10-18/h3-14,17,23,28H,15-16H2,1-2H3,(H,27,31)/t23-/m1/s1. The monoisotopic (exact) mass is 506 g/mol. The third kappa shape index (κ3) is 5.14. The molecule has 36 heavy (non-hydrogen) atoms. The second-order valence-corrected chi connectivity index (χ2v) is 10.1. The number of aryl methyl sites for hydroxylation is 1. The molecule has 9 nitrogen and oxygen atoms in total. The van der Waals surface area contributed by atoms with Gasteiger partial charge in [0.2, 0.25) is 15.9 Å². The van der Waals surface area contributed by atoms with Gasteiger partial charge in [-0.05, 0) is 35.7 Å². The van der Waals surface area contributed by atoms with E-state index < -0.39 is 33.2 Å². The van der Waals surface area contributed by atoms with Crippen molar-refractivity contribution in [3.05, 3.63) is 111 Å². The summed E-state index contributed by atoms with van der Waals surface area (Å²) in [5.41, 5.74) is 0.695. The summed E-state index contributed by atoms with van der Waals surface area (Å²) < 4.78 is 31.3. The average Bonchev–Trinajstić information content (AvgIpc) is 2.90.